The van der Waals surface area contributed by atoms with E-state index in [1.54, 1.807) is 19.8 Å². The van der Waals surface area contributed by atoms with Crippen molar-refractivity contribution in [2.24, 2.45) is 0 Å². The fraction of sp³-hybridized carbons (Fsp3) is 0.667. The van der Waals surface area contributed by atoms with Crippen LogP contribution in [0.3, 0.4) is 0 Å². The van der Waals surface area contributed by atoms with E-state index in [1.165, 1.54) is 0 Å². The fourth-order valence-corrected chi connectivity index (χ4v) is 0.270. The summed E-state index contributed by atoms with van der Waals surface area (Å²) in [6.45, 7) is 3.55. The van der Waals surface area contributed by atoms with E-state index >= 15 is 0 Å². The van der Waals surface area contributed by atoms with Crippen molar-refractivity contribution < 1.29 is 9.90 Å². The van der Waals surface area contributed by atoms with Crippen LogP contribution in [0, 0.1) is 0 Å². The van der Waals surface area contributed by atoms with Gasteiger partial charge in [-0.1, -0.05) is 0 Å². The highest BCUT2D eigenvalue weighted by Gasteiger charge is 2.12. The summed E-state index contributed by atoms with van der Waals surface area (Å²) in [4.78, 5) is 9.64. The highest BCUT2D eigenvalue weighted by atomic mass is 16.3. The molecular formula is C6H11NO2. The Hall–Kier alpha value is -0.790. The van der Waals surface area contributed by atoms with Crippen molar-refractivity contribution in [1.29, 1.82) is 0 Å². The van der Waals surface area contributed by atoms with Gasteiger partial charge in [0.25, 0.3) is 0 Å². The van der Waals surface area contributed by atoms with Crippen LogP contribution in [0.15, 0.2) is 6.20 Å². The van der Waals surface area contributed by atoms with Gasteiger partial charge >= 0.3 is 0 Å². The van der Waals surface area contributed by atoms with Gasteiger partial charge in [-0.3, -0.25) is 0 Å². The molecule has 0 radical (unpaired) electrons. The van der Waals surface area contributed by atoms with E-state index in [0.717, 1.165) is 6.20 Å². The summed E-state index contributed by atoms with van der Waals surface area (Å²) < 4.78 is 0. The largest absolute Gasteiger partial charge is 0.394 e. The quantitative estimate of drug-likeness (QED) is 0.514. The van der Waals surface area contributed by atoms with Crippen LogP contribution in [-0.2, 0) is 4.79 Å². The van der Waals surface area contributed by atoms with Crippen LogP contribution in [0.2, 0.25) is 0 Å². The first-order chi connectivity index (χ1) is 4.12. The molecule has 9 heavy (non-hydrogen) atoms. The fourth-order valence-electron chi connectivity index (χ4n) is 0.270. The topological polar surface area (TPSA) is 49.3 Å². The number of hydrogen-bond donors (Lipinski definition) is 2. The zero-order chi connectivity index (χ0) is 7.33. The molecule has 0 atom stereocenters. The van der Waals surface area contributed by atoms with E-state index in [2.05, 4.69) is 5.32 Å². The number of carbonyl (C=O) groups excluding carboxylic acids is 1. The lowest BCUT2D eigenvalue weighted by atomic mass is 10.1. The predicted molar refractivity (Wildman–Crippen MR) is 34.6 cm³/mol. The average molecular weight is 129 g/mol. The maximum atomic E-state index is 9.64. The maximum absolute atomic E-state index is 9.64. The first-order valence-electron chi connectivity index (χ1n) is 2.70. The SMILES string of the molecule is CC(C)(CO)NC=C=O. The average Bonchev–Trinajstić information content (AvgIpc) is 1.84. The molecule has 0 bridgehead atoms. The molecule has 0 heterocycles. The number of hydrogen-bond acceptors (Lipinski definition) is 3. The highest BCUT2D eigenvalue weighted by Crippen LogP contribution is 1.97. The number of nitrogens with one attached hydrogen (secondary N) is 1. The van der Waals surface area contributed by atoms with Gasteiger partial charge < -0.3 is 10.4 Å². The second-order valence-corrected chi connectivity index (χ2v) is 2.45. The molecule has 2 N–H and O–H groups in total. The highest BCUT2D eigenvalue weighted by molar-refractivity contribution is 5.44. The summed E-state index contributed by atoms with van der Waals surface area (Å²) >= 11 is 0. The van der Waals surface area contributed by atoms with Gasteiger partial charge in [0.1, 0.15) is 5.94 Å². The third-order valence-corrected chi connectivity index (χ3v) is 0.917. The first-order valence-corrected chi connectivity index (χ1v) is 2.70. The minimum absolute atomic E-state index is 0.00875. The van der Waals surface area contributed by atoms with Crippen molar-refractivity contribution in [3.05, 3.63) is 6.20 Å². The molecule has 0 saturated carbocycles. The number of aliphatic hydroxyl groups is 1. The van der Waals surface area contributed by atoms with Crippen molar-refractivity contribution in [2.45, 2.75) is 19.4 Å². The Bertz CT molecular complexity index is 125. The van der Waals surface area contributed by atoms with Gasteiger partial charge in [0.15, 0.2) is 0 Å². The molecule has 0 rings (SSSR count). The van der Waals surface area contributed by atoms with Crippen molar-refractivity contribution in [3.8, 4) is 0 Å². The van der Waals surface area contributed by atoms with Crippen LogP contribution in [-0.4, -0.2) is 23.2 Å². The van der Waals surface area contributed by atoms with Crippen molar-refractivity contribution in [2.75, 3.05) is 6.61 Å². The Kier molecular flexibility index (Phi) is 2.99. The first kappa shape index (κ1) is 8.21. The third-order valence-electron chi connectivity index (χ3n) is 0.917. The zero-order valence-corrected chi connectivity index (χ0v) is 5.64. The molecule has 0 aliphatic carbocycles. The minimum atomic E-state index is -0.419. The molecule has 0 aromatic rings. The third kappa shape index (κ3) is 3.76. The molecule has 0 aliphatic heterocycles. The van der Waals surface area contributed by atoms with Crippen LogP contribution < -0.4 is 5.32 Å². The molecule has 52 valence electrons. The van der Waals surface area contributed by atoms with Crippen LogP contribution in [0.1, 0.15) is 13.8 Å². The van der Waals surface area contributed by atoms with Gasteiger partial charge in [0.05, 0.1) is 18.3 Å². The maximum Gasteiger partial charge on any atom is 0.141 e. The summed E-state index contributed by atoms with van der Waals surface area (Å²) in [5.41, 5.74) is -0.419. The summed E-state index contributed by atoms with van der Waals surface area (Å²) in [7, 11) is 0. The molecule has 0 amide bonds. The Morgan fingerprint density at radius 1 is 1.78 bits per heavy atom. The van der Waals surface area contributed by atoms with Crippen LogP contribution in [0.25, 0.3) is 0 Å². The van der Waals surface area contributed by atoms with Crippen LogP contribution in [0.5, 0.6) is 0 Å². The smallest absolute Gasteiger partial charge is 0.141 e. The molecule has 0 aliphatic rings. The second-order valence-electron chi connectivity index (χ2n) is 2.45. The Morgan fingerprint density at radius 2 is 2.33 bits per heavy atom. The zero-order valence-electron chi connectivity index (χ0n) is 5.64. The molecule has 0 unspecified atom stereocenters. The van der Waals surface area contributed by atoms with E-state index in [0.29, 0.717) is 0 Å². The van der Waals surface area contributed by atoms with Gasteiger partial charge in [0.2, 0.25) is 0 Å². The monoisotopic (exact) mass is 129 g/mol. The van der Waals surface area contributed by atoms with Crippen molar-refractivity contribution >= 4 is 5.94 Å². The van der Waals surface area contributed by atoms with Crippen LogP contribution in [0.4, 0.5) is 0 Å². The molecular weight excluding hydrogens is 118 g/mol. The minimum Gasteiger partial charge on any atom is -0.394 e. The Labute approximate surface area is 54.4 Å². The van der Waals surface area contributed by atoms with Gasteiger partial charge in [-0.05, 0) is 13.8 Å². The molecule has 0 aromatic heterocycles. The van der Waals surface area contributed by atoms with Crippen LogP contribution >= 0.6 is 0 Å². The lowest BCUT2D eigenvalue weighted by Crippen LogP contribution is -2.39. The molecule has 0 fully saturated rings. The van der Waals surface area contributed by atoms with E-state index in [4.69, 9.17) is 5.11 Å². The second kappa shape index (κ2) is 3.28. The molecule has 0 aromatic carbocycles. The van der Waals surface area contributed by atoms with Gasteiger partial charge in [-0.15, -0.1) is 0 Å². The Morgan fingerprint density at radius 3 is 2.67 bits per heavy atom. The van der Waals surface area contributed by atoms with Crippen molar-refractivity contribution in [3.63, 3.8) is 0 Å². The number of rotatable bonds is 3. The lowest BCUT2D eigenvalue weighted by molar-refractivity contribution is 0.202. The standard InChI is InChI=1S/C6H11NO2/c1-6(2,5-9)7-3-4-8/h3,7,9H,5H2,1-2H3. The Balaban J connectivity index is 3.71. The normalized spacial score (nSPS) is 10.1. The molecule has 0 saturated heterocycles. The summed E-state index contributed by atoms with van der Waals surface area (Å²) in [6.07, 6.45) is 1.15. The van der Waals surface area contributed by atoms with Gasteiger partial charge in [-0.25, -0.2) is 4.79 Å². The molecule has 3 nitrogen and oxygen atoms in total. The summed E-state index contributed by atoms with van der Waals surface area (Å²) in [5.74, 6) is 1.56. The lowest BCUT2D eigenvalue weighted by Gasteiger charge is -2.20. The van der Waals surface area contributed by atoms with E-state index in [9.17, 15) is 4.79 Å². The number of aliphatic hydroxyl groups excluding tert-OH is 1. The van der Waals surface area contributed by atoms with E-state index in [1.807, 2.05) is 0 Å². The molecule has 3 heteroatoms. The van der Waals surface area contributed by atoms with E-state index < -0.39 is 5.54 Å². The summed E-state index contributed by atoms with van der Waals surface area (Å²) in [6, 6.07) is 0. The van der Waals surface area contributed by atoms with Crippen molar-refractivity contribution in [1.82, 2.24) is 5.32 Å². The van der Waals surface area contributed by atoms with Gasteiger partial charge in [-0.2, -0.15) is 0 Å². The predicted octanol–water partition coefficient (Wildman–Crippen LogP) is -0.308. The molecule has 0 spiro atoms. The van der Waals surface area contributed by atoms with E-state index in [-0.39, 0.29) is 6.61 Å². The summed E-state index contributed by atoms with van der Waals surface area (Å²) in [5, 5.41) is 11.3. The van der Waals surface area contributed by atoms with Gasteiger partial charge in [0, 0.05) is 0 Å².